The minimum Gasteiger partial charge on any atom is -0.454 e. The van der Waals surface area contributed by atoms with E-state index in [1.807, 2.05) is 48.5 Å². The van der Waals surface area contributed by atoms with Crippen molar-refractivity contribution in [3.63, 3.8) is 0 Å². The van der Waals surface area contributed by atoms with Crippen LogP contribution in [-0.2, 0) is 20.9 Å². The summed E-state index contributed by atoms with van der Waals surface area (Å²) in [7, 11) is 0. The smallest absolute Gasteiger partial charge is 0.326 e. The first-order valence-electron chi connectivity index (χ1n) is 10.0. The maximum atomic E-state index is 12.9. The van der Waals surface area contributed by atoms with Crippen molar-refractivity contribution in [2.45, 2.75) is 6.54 Å². The molecule has 0 N–H and O–H groups in total. The number of hydrogen-bond donors (Lipinski definition) is 0. The number of anilines is 1. The molecular weight excluding hydrogens is 408 g/mol. The Balaban J connectivity index is 1.40. The van der Waals surface area contributed by atoms with Crippen molar-refractivity contribution in [2.24, 2.45) is 0 Å². The molecule has 0 saturated carbocycles. The molecule has 3 aromatic rings. The van der Waals surface area contributed by atoms with E-state index < -0.39 is 36.8 Å². The van der Waals surface area contributed by atoms with Gasteiger partial charge in [0.25, 0.3) is 17.7 Å². The van der Waals surface area contributed by atoms with Gasteiger partial charge in [0.15, 0.2) is 6.61 Å². The zero-order chi connectivity index (χ0) is 22.5. The largest absolute Gasteiger partial charge is 0.454 e. The molecule has 0 bridgehead atoms. The van der Waals surface area contributed by atoms with Crippen molar-refractivity contribution in [1.29, 1.82) is 0 Å². The van der Waals surface area contributed by atoms with Gasteiger partial charge in [0.1, 0.15) is 6.54 Å². The number of carbonyl (C=O) groups excluding carboxylic acids is 4. The third-order valence-electron chi connectivity index (χ3n) is 5.07. The fourth-order valence-corrected chi connectivity index (χ4v) is 3.48. The first-order chi connectivity index (χ1) is 15.5. The van der Waals surface area contributed by atoms with E-state index in [-0.39, 0.29) is 11.1 Å². The predicted octanol–water partition coefficient (Wildman–Crippen LogP) is 3.06. The SMILES string of the molecule is O=C(CN1C(=O)c2ccccc2C1=O)OCC(=O)N(Cc1ccccc1)c1ccccc1. The van der Waals surface area contributed by atoms with Gasteiger partial charge in [-0.15, -0.1) is 0 Å². The van der Waals surface area contributed by atoms with E-state index >= 15 is 0 Å². The first-order valence-corrected chi connectivity index (χ1v) is 10.0. The molecule has 0 atom stereocenters. The highest BCUT2D eigenvalue weighted by Crippen LogP contribution is 2.22. The fourth-order valence-electron chi connectivity index (χ4n) is 3.48. The topological polar surface area (TPSA) is 84.0 Å². The van der Waals surface area contributed by atoms with Gasteiger partial charge < -0.3 is 9.64 Å². The standard InChI is InChI=1S/C25H20N2O5/c28-22(26(19-11-5-2-6-12-19)15-18-9-3-1-4-10-18)17-32-23(29)16-27-24(30)20-13-7-8-14-21(20)25(27)31/h1-14H,15-17H2. The lowest BCUT2D eigenvalue weighted by Crippen LogP contribution is -2.38. The van der Waals surface area contributed by atoms with E-state index in [2.05, 4.69) is 0 Å². The summed E-state index contributed by atoms with van der Waals surface area (Å²) in [6.07, 6.45) is 0. The summed E-state index contributed by atoms with van der Waals surface area (Å²) in [5, 5.41) is 0. The van der Waals surface area contributed by atoms with Gasteiger partial charge in [-0.25, -0.2) is 0 Å². The van der Waals surface area contributed by atoms with Gasteiger partial charge in [-0.05, 0) is 29.8 Å². The van der Waals surface area contributed by atoms with Gasteiger partial charge in [0, 0.05) is 5.69 Å². The van der Waals surface area contributed by atoms with Crippen molar-refractivity contribution in [1.82, 2.24) is 4.90 Å². The van der Waals surface area contributed by atoms with Gasteiger partial charge in [-0.1, -0.05) is 60.7 Å². The van der Waals surface area contributed by atoms with Crippen LogP contribution in [0.5, 0.6) is 0 Å². The van der Waals surface area contributed by atoms with Crippen molar-refractivity contribution in [3.8, 4) is 0 Å². The lowest BCUT2D eigenvalue weighted by atomic mass is 10.1. The third-order valence-corrected chi connectivity index (χ3v) is 5.07. The van der Waals surface area contributed by atoms with Crippen LogP contribution in [0.1, 0.15) is 26.3 Å². The molecule has 7 heteroatoms. The minimum absolute atomic E-state index is 0.250. The molecule has 1 aliphatic heterocycles. The van der Waals surface area contributed by atoms with E-state index in [0.717, 1.165) is 10.5 Å². The Morgan fingerprint density at radius 3 is 1.88 bits per heavy atom. The van der Waals surface area contributed by atoms with E-state index in [1.165, 1.54) is 17.0 Å². The van der Waals surface area contributed by atoms with Crippen LogP contribution in [0.3, 0.4) is 0 Å². The number of amides is 3. The van der Waals surface area contributed by atoms with Gasteiger partial charge in [0.05, 0.1) is 17.7 Å². The molecule has 32 heavy (non-hydrogen) atoms. The van der Waals surface area contributed by atoms with Crippen LogP contribution in [-0.4, -0.2) is 41.7 Å². The van der Waals surface area contributed by atoms with Crippen LogP contribution in [0, 0.1) is 0 Å². The Kier molecular flexibility index (Phi) is 6.07. The summed E-state index contributed by atoms with van der Waals surface area (Å²) < 4.78 is 5.13. The molecular formula is C25H20N2O5. The van der Waals surface area contributed by atoms with Crippen molar-refractivity contribution in [3.05, 3.63) is 102 Å². The highest BCUT2D eigenvalue weighted by molar-refractivity contribution is 6.22. The summed E-state index contributed by atoms with van der Waals surface area (Å²) >= 11 is 0. The molecule has 160 valence electrons. The number of ether oxygens (including phenoxy) is 1. The van der Waals surface area contributed by atoms with Crippen LogP contribution < -0.4 is 4.90 Å². The monoisotopic (exact) mass is 428 g/mol. The fraction of sp³-hybridized carbons (Fsp3) is 0.120. The van der Waals surface area contributed by atoms with Gasteiger partial charge in [-0.3, -0.25) is 24.1 Å². The summed E-state index contributed by atoms with van der Waals surface area (Å²) in [4.78, 5) is 52.4. The lowest BCUT2D eigenvalue weighted by Gasteiger charge is -2.23. The highest BCUT2D eigenvalue weighted by atomic mass is 16.5. The Bertz CT molecular complexity index is 1130. The number of imide groups is 1. The Hall–Kier alpha value is -4.26. The zero-order valence-corrected chi connectivity index (χ0v) is 17.1. The molecule has 0 fully saturated rings. The number of nitrogens with zero attached hydrogens (tertiary/aromatic N) is 2. The van der Waals surface area contributed by atoms with E-state index in [0.29, 0.717) is 12.2 Å². The van der Waals surface area contributed by atoms with Crippen LogP contribution in [0.25, 0.3) is 0 Å². The van der Waals surface area contributed by atoms with Crippen molar-refractivity contribution >= 4 is 29.4 Å². The molecule has 1 aliphatic rings. The first kappa shape index (κ1) is 21.0. The normalized spacial score (nSPS) is 12.4. The molecule has 0 aliphatic carbocycles. The summed E-state index contributed by atoms with van der Waals surface area (Å²) in [5.74, 6) is -2.36. The van der Waals surface area contributed by atoms with Crippen molar-refractivity contribution in [2.75, 3.05) is 18.1 Å². The molecule has 0 saturated heterocycles. The van der Waals surface area contributed by atoms with Gasteiger partial charge in [0.2, 0.25) is 0 Å². The molecule has 0 aromatic heterocycles. The highest BCUT2D eigenvalue weighted by Gasteiger charge is 2.36. The Morgan fingerprint density at radius 1 is 0.750 bits per heavy atom. The quantitative estimate of drug-likeness (QED) is 0.427. The van der Waals surface area contributed by atoms with Crippen LogP contribution >= 0.6 is 0 Å². The van der Waals surface area contributed by atoms with Crippen LogP contribution in [0.2, 0.25) is 0 Å². The summed E-state index contributed by atoms with van der Waals surface area (Å²) in [6, 6.07) is 24.9. The second-order valence-corrected chi connectivity index (χ2v) is 7.20. The lowest BCUT2D eigenvalue weighted by molar-refractivity contribution is -0.148. The second kappa shape index (κ2) is 9.26. The molecule has 3 amide bonds. The number of rotatable bonds is 7. The maximum Gasteiger partial charge on any atom is 0.326 e. The molecule has 3 aromatic carbocycles. The molecule has 0 radical (unpaired) electrons. The molecule has 4 rings (SSSR count). The average molecular weight is 428 g/mol. The maximum absolute atomic E-state index is 12.9. The summed E-state index contributed by atoms with van der Waals surface area (Å²) in [5.41, 5.74) is 2.08. The molecule has 0 spiro atoms. The van der Waals surface area contributed by atoms with Crippen LogP contribution in [0.15, 0.2) is 84.9 Å². The summed E-state index contributed by atoms with van der Waals surface area (Å²) in [6.45, 7) is -0.757. The number of para-hydroxylation sites is 1. The minimum atomic E-state index is -0.833. The second-order valence-electron chi connectivity index (χ2n) is 7.20. The third kappa shape index (κ3) is 4.41. The predicted molar refractivity (Wildman–Crippen MR) is 117 cm³/mol. The molecule has 1 heterocycles. The number of fused-ring (bicyclic) bond motifs is 1. The number of carbonyl (C=O) groups is 4. The zero-order valence-electron chi connectivity index (χ0n) is 17.1. The van der Waals surface area contributed by atoms with Gasteiger partial charge in [-0.2, -0.15) is 0 Å². The van der Waals surface area contributed by atoms with Gasteiger partial charge >= 0.3 is 5.97 Å². The Labute approximate surface area is 184 Å². The number of benzene rings is 3. The molecule has 0 unspecified atom stereocenters. The van der Waals surface area contributed by atoms with E-state index in [9.17, 15) is 19.2 Å². The van der Waals surface area contributed by atoms with E-state index in [1.54, 1.807) is 24.3 Å². The Morgan fingerprint density at radius 2 is 1.28 bits per heavy atom. The number of hydrogen-bond acceptors (Lipinski definition) is 5. The average Bonchev–Trinajstić information content (AvgIpc) is 3.07. The van der Waals surface area contributed by atoms with E-state index in [4.69, 9.17) is 4.74 Å². The van der Waals surface area contributed by atoms with Crippen molar-refractivity contribution < 1.29 is 23.9 Å². The number of esters is 1. The van der Waals surface area contributed by atoms with Crippen LogP contribution in [0.4, 0.5) is 5.69 Å². The molecule has 7 nitrogen and oxygen atoms in total.